The molecule has 0 aliphatic heterocycles. The molecule has 7 heteroatoms. The summed E-state index contributed by atoms with van der Waals surface area (Å²) in [5, 5.41) is 4.61. The third kappa shape index (κ3) is 9.57. The summed E-state index contributed by atoms with van der Waals surface area (Å²) in [6.45, 7) is 23.0. The van der Waals surface area contributed by atoms with Crippen LogP contribution in [0.5, 0.6) is 11.5 Å². The van der Waals surface area contributed by atoms with Crippen LogP contribution in [-0.4, -0.2) is 18.7 Å². The Morgan fingerprint density at radius 1 is 0.494 bits per heavy atom. The van der Waals surface area contributed by atoms with Crippen LogP contribution < -0.4 is 9.30 Å². The number of hydrogen-bond donors (Lipinski definition) is 0. The first-order valence-corrected chi connectivity index (χ1v) is 27.9. The first-order valence-electron chi connectivity index (χ1n) is 27.9. The van der Waals surface area contributed by atoms with Crippen molar-refractivity contribution in [1.29, 1.82) is 0 Å². The number of aromatic nitrogens is 5. The maximum absolute atomic E-state index is 6.87. The van der Waals surface area contributed by atoms with Crippen molar-refractivity contribution in [3.05, 3.63) is 242 Å². The molecule has 81 heavy (non-hydrogen) atoms. The van der Waals surface area contributed by atoms with Crippen molar-refractivity contribution in [2.75, 3.05) is 0 Å². The van der Waals surface area contributed by atoms with Gasteiger partial charge in [0.1, 0.15) is 5.82 Å². The monoisotopic (exact) mass is 1230 g/mol. The Balaban J connectivity index is 0.00000651. The summed E-state index contributed by atoms with van der Waals surface area (Å²) >= 11 is 0. The third-order valence-corrected chi connectivity index (χ3v) is 16.4. The van der Waals surface area contributed by atoms with Crippen LogP contribution in [0.15, 0.2) is 206 Å². The molecule has 6 nitrogen and oxygen atoms in total. The van der Waals surface area contributed by atoms with Gasteiger partial charge in [-0.05, 0) is 115 Å². The topological polar surface area (TPSA) is 40.8 Å². The van der Waals surface area contributed by atoms with Crippen LogP contribution in [0.25, 0.3) is 99.8 Å². The number of ether oxygens (including phenoxy) is 1. The fourth-order valence-electron chi connectivity index (χ4n) is 11.5. The molecule has 0 saturated heterocycles. The van der Waals surface area contributed by atoms with Crippen molar-refractivity contribution < 1.29 is 30.4 Å². The summed E-state index contributed by atoms with van der Waals surface area (Å²) < 4.78 is 15.8. The van der Waals surface area contributed by atoms with Crippen LogP contribution in [-0.2, 0) is 31.9 Å². The van der Waals surface area contributed by atoms with E-state index in [9.17, 15) is 0 Å². The maximum Gasteiger partial charge on any atom is 0.268 e. The molecular weight excluding hydrogens is 1170 g/mol. The number of rotatable bonds is 9. The number of para-hydroxylation sites is 5. The van der Waals surface area contributed by atoms with E-state index >= 15 is 0 Å². The van der Waals surface area contributed by atoms with Gasteiger partial charge in [-0.15, -0.1) is 29.7 Å². The standard InChI is InChI=1S/C74H65N5O.Pt/c1-48(72(2,3)4)50-38-39-75-70(42-50)79-66-37-34-55(78-64-30-16-14-26-60(64)61-27-15-17-31-65(61)78)45-63(66)62-36-35-57(46-69(62)79)80-56-25-20-24-54(44-56)76-47-77(68-33-19-18-32-67(68)76)71-58(49-22-12-11-13-23-49)28-21-29-59(71)51-40-52(73(5,6)7)43-53(41-51)74(8,9)10;/h11-43,45,48H,1-10H3;/q-2;. The second kappa shape index (κ2) is 20.3. The zero-order chi connectivity index (χ0) is 55.2. The molecular formula is C74H65N5OPt-2. The predicted octanol–water partition coefficient (Wildman–Crippen LogP) is 18.8. The van der Waals surface area contributed by atoms with E-state index in [1.807, 2.05) is 24.4 Å². The minimum Gasteiger partial charge on any atom is -0.510 e. The molecule has 404 valence electrons. The van der Waals surface area contributed by atoms with Crippen LogP contribution in [0, 0.1) is 23.9 Å². The Hall–Kier alpha value is -8.31. The van der Waals surface area contributed by atoms with Gasteiger partial charge in [-0.1, -0.05) is 202 Å². The number of fused-ring (bicyclic) bond motifs is 7. The van der Waals surface area contributed by atoms with Crippen molar-refractivity contribution in [2.24, 2.45) is 5.41 Å². The van der Waals surface area contributed by atoms with Crippen molar-refractivity contribution in [3.63, 3.8) is 0 Å². The second-order valence-electron chi connectivity index (χ2n) is 24.7. The molecule has 0 spiro atoms. The Morgan fingerprint density at radius 2 is 1.10 bits per heavy atom. The molecule has 1 unspecified atom stereocenters. The van der Waals surface area contributed by atoms with Crippen LogP contribution in [0.1, 0.15) is 91.8 Å². The maximum atomic E-state index is 6.87. The smallest absolute Gasteiger partial charge is 0.268 e. The SMILES string of the molecule is CC(c1ccnc(-n2c3[c-]c(Oc4[c-]c(-n5[c-][n+](-c6c(-c7ccccc7)cccc6-c6cc(C(C)(C)C)cc(C(C)(C)C)c6)c6ccccc65)ccc4)ccc3c3cc(-n4c5ccccc5c5ccccc54)ccc32)c1)C(C)(C)C.[Pt]. The Kier molecular flexibility index (Phi) is 13.4. The average Bonchev–Trinajstić information content (AvgIpc) is 4.13. The van der Waals surface area contributed by atoms with Crippen molar-refractivity contribution in [1.82, 2.24) is 18.7 Å². The van der Waals surface area contributed by atoms with Gasteiger partial charge in [-0.25, -0.2) is 4.98 Å². The van der Waals surface area contributed by atoms with Gasteiger partial charge in [-0.2, -0.15) is 18.2 Å². The van der Waals surface area contributed by atoms with Crippen LogP contribution >= 0.6 is 0 Å². The number of benzene rings is 9. The normalized spacial score (nSPS) is 12.7. The summed E-state index contributed by atoms with van der Waals surface area (Å²) in [5.74, 6) is 2.26. The van der Waals surface area contributed by atoms with E-state index < -0.39 is 0 Å². The van der Waals surface area contributed by atoms with Gasteiger partial charge >= 0.3 is 0 Å². The van der Waals surface area contributed by atoms with Gasteiger partial charge < -0.3 is 18.4 Å². The number of imidazole rings is 1. The first kappa shape index (κ1) is 53.3. The quantitative estimate of drug-likeness (QED) is 0.107. The van der Waals surface area contributed by atoms with E-state index in [-0.39, 0.29) is 37.3 Å². The second-order valence-corrected chi connectivity index (χ2v) is 24.7. The molecule has 0 saturated carbocycles. The Morgan fingerprint density at radius 3 is 1.78 bits per heavy atom. The van der Waals surface area contributed by atoms with Crippen molar-refractivity contribution in [2.45, 2.75) is 86.0 Å². The van der Waals surface area contributed by atoms with Gasteiger partial charge in [0.15, 0.2) is 0 Å². The van der Waals surface area contributed by atoms with Crippen LogP contribution in [0.3, 0.4) is 0 Å². The molecule has 1 atom stereocenters. The third-order valence-electron chi connectivity index (χ3n) is 16.4. The summed E-state index contributed by atoms with van der Waals surface area (Å²) in [6.07, 6.45) is 5.81. The molecule has 0 aliphatic carbocycles. The Bertz CT molecular complexity index is 4450. The van der Waals surface area contributed by atoms with E-state index in [4.69, 9.17) is 9.72 Å². The van der Waals surface area contributed by atoms with E-state index in [1.165, 1.54) is 44.1 Å². The zero-order valence-corrected chi connectivity index (χ0v) is 49.9. The van der Waals surface area contributed by atoms with Gasteiger partial charge in [-0.3, -0.25) is 4.57 Å². The molecule has 4 aromatic heterocycles. The molecule has 13 rings (SSSR count). The van der Waals surface area contributed by atoms with Crippen molar-refractivity contribution >= 4 is 54.6 Å². The average molecular weight is 1240 g/mol. The molecule has 13 aromatic rings. The van der Waals surface area contributed by atoms with Gasteiger partial charge in [0, 0.05) is 60.7 Å². The molecule has 0 amide bonds. The fraction of sp³-hybridized carbons (Fsp3) is 0.189. The molecule has 0 fully saturated rings. The van der Waals surface area contributed by atoms with E-state index in [1.54, 1.807) is 0 Å². The Labute approximate surface area is 490 Å². The fourth-order valence-corrected chi connectivity index (χ4v) is 11.5. The minimum atomic E-state index is -0.0550. The van der Waals surface area contributed by atoms with Gasteiger partial charge in [0.25, 0.3) is 6.33 Å². The summed E-state index contributed by atoms with van der Waals surface area (Å²) in [7, 11) is 0. The van der Waals surface area contributed by atoms with Crippen LogP contribution in [0.4, 0.5) is 0 Å². The van der Waals surface area contributed by atoms with Gasteiger partial charge in [0.05, 0.1) is 27.8 Å². The van der Waals surface area contributed by atoms with E-state index in [0.717, 1.165) is 72.4 Å². The molecule has 0 aliphatic rings. The largest absolute Gasteiger partial charge is 0.510 e. The first-order chi connectivity index (χ1) is 38.5. The van der Waals surface area contributed by atoms with Gasteiger partial charge in [0.2, 0.25) is 0 Å². The predicted molar refractivity (Wildman–Crippen MR) is 330 cm³/mol. The van der Waals surface area contributed by atoms with Crippen LogP contribution in [0.2, 0.25) is 0 Å². The number of nitrogens with zero attached hydrogens (tertiary/aromatic N) is 5. The molecule has 4 heterocycles. The van der Waals surface area contributed by atoms with E-state index in [2.05, 4.69) is 288 Å². The van der Waals surface area contributed by atoms with Crippen molar-refractivity contribution in [3.8, 4) is 56.6 Å². The number of pyridine rings is 1. The summed E-state index contributed by atoms with van der Waals surface area (Å²) in [6, 6.07) is 79.3. The van der Waals surface area contributed by atoms with E-state index in [0.29, 0.717) is 17.4 Å². The molecule has 0 N–H and O–H groups in total. The minimum absolute atomic E-state index is 0. The zero-order valence-electron chi connectivity index (χ0n) is 47.7. The summed E-state index contributed by atoms with van der Waals surface area (Å²) in [5.41, 5.74) is 17.5. The summed E-state index contributed by atoms with van der Waals surface area (Å²) in [4.78, 5) is 5.06. The molecule has 0 radical (unpaired) electrons. The molecule has 9 aromatic carbocycles. The number of hydrogen-bond acceptors (Lipinski definition) is 2. The molecule has 0 bridgehead atoms.